The SMILES string of the molecule is O=C(O)C1(c2cccc3c2SCCC3)CCC1. The Morgan fingerprint density at radius 1 is 1.29 bits per heavy atom. The van der Waals surface area contributed by atoms with Gasteiger partial charge >= 0.3 is 5.97 Å². The van der Waals surface area contributed by atoms with E-state index in [0.29, 0.717) is 0 Å². The van der Waals surface area contributed by atoms with Gasteiger partial charge in [0, 0.05) is 4.90 Å². The molecule has 3 rings (SSSR count). The lowest BCUT2D eigenvalue weighted by Gasteiger charge is -2.40. The van der Waals surface area contributed by atoms with Gasteiger partial charge in [-0.05, 0) is 42.6 Å². The normalized spacial score (nSPS) is 21.4. The van der Waals surface area contributed by atoms with Crippen LogP contribution in [-0.4, -0.2) is 16.8 Å². The van der Waals surface area contributed by atoms with E-state index >= 15 is 0 Å². The quantitative estimate of drug-likeness (QED) is 0.873. The third kappa shape index (κ3) is 1.60. The Hall–Kier alpha value is -0.960. The van der Waals surface area contributed by atoms with E-state index in [1.54, 1.807) is 0 Å². The standard InChI is InChI=1S/C14H16O2S/c15-13(16)14(7-3-8-14)11-6-1-4-10-5-2-9-17-12(10)11/h1,4,6H,2-3,5,7-9H2,(H,15,16). The molecule has 3 heteroatoms. The molecule has 0 unspecified atom stereocenters. The number of hydrogen-bond donors (Lipinski definition) is 1. The van der Waals surface area contributed by atoms with Crippen LogP contribution in [0.2, 0.25) is 0 Å². The molecule has 1 fully saturated rings. The highest BCUT2D eigenvalue weighted by Crippen LogP contribution is 2.49. The molecule has 1 aliphatic carbocycles. The number of carbonyl (C=O) groups is 1. The number of carboxylic acids is 1. The van der Waals surface area contributed by atoms with Crippen molar-refractivity contribution in [3.05, 3.63) is 29.3 Å². The largest absolute Gasteiger partial charge is 0.481 e. The Kier molecular flexibility index (Phi) is 2.66. The summed E-state index contributed by atoms with van der Waals surface area (Å²) in [5.41, 5.74) is 1.86. The van der Waals surface area contributed by atoms with Gasteiger partial charge < -0.3 is 5.11 Å². The van der Waals surface area contributed by atoms with Crippen LogP contribution in [0.5, 0.6) is 0 Å². The highest BCUT2D eigenvalue weighted by Gasteiger charge is 2.47. The molecule has 1 aliphatic heterocycles. The maximum absolute atomic E-state index is 11.6. The van der Waals surface area contributed by atoms with Crippen molar-refractivity contribution in [2.24, 2.45) is 0 Å². The van der Waals surface area contributed by atoms with E-state index in [-0.39, 0.29) is 0 Å². The molecule has 0 spiro atoms. The average molecular weight is 248 g/mol. The van der Waals surface area contributed by atoms with Crippen molar-refractivity contribution in [2.75, 3.05) is 5.75 Å². The Morgan fingerprint density at radius 3 is 2.76 bits per heavy atom. The van der Waals surface area contributed by atoms with Crippen LogP contribution in [0, 0.1) is 0 Å². The van der Waals surface area contributed by atoms with Crippen molar-refractivity contribution in [3.8, 4) is 0 Å². The number of fused-ring (bicyclic) bond motifs is 1. The van der Waals surface area contributed by atoms with Gasteiger partial charge in [-0.2, -0.15) is 0 Å². The van der Waals surface area contributed by atoms with Gasteiger partial charge in [0.2, 0.25) is 0 Å². The molecular formula is C14H16O2S. The van der Waals surface area contributed by atoms with E-state index in [4.69, 9.17) is 0 Å². The molecule has 17 heavy (non-hydrogen) atoms. The first-order valence-electron chi connectivity index (χ1n) is 6.23. The second-order valence-corrected chi connectivity index (χ2v) is 6.09. The van der Waals surface area contributed by atoms with Crippen molar-refractivity contribution in [3.63, 3.8) is 0 Å². The first-order chi connectivity index (χ1) is 8.24. The molecule has 0 radical (unpaired) electrons. The van der Waals surface area contributed by atoms with E-state index in [9.17, 15) is 9.90 Å². The van der Waals surface area contributed by atoms with E-state index < -0.39 is 11.4 Å². The first kappa shape index (κ1) is 11.1. The van der Waals surface area contributed by atoms with Gasteiger partial charge in [-0.3, -0.25) is 4.79 Å². The second kappa shape index (κ2) is 4.05. The Balaban J connectivity index is 2.11. The first-order valence-corrected chi connectivity index (χ1v) is 7.21. The zero-order valence-electron chi connectivity index (χ0n) is 9.74. The number of aryl methyl sites for hydroxylation is 1. The number of hydrogen-bond acceptors (Lipinski definition) is 2. The van der Waals surface area contributed by atoms with Crippen LogP contribution in [-0.2, 0) is 16.6 Å². The van der Waals surface area contributed by atoms with Crippen LogP contribution in [0.4, 0.5) is 0 Å². The number of benzene rings is 1. The number of aliphatic carboxylic acids is 1. The number of rotatable bonds is 2. The molecule has 2 aliphatic rings. The van der Waals surface area contributed by atoms with Crippen LogP contribution in [0.15, 0.2) is 23.1 Å². The fraction of sp³-hybridized carbons (Fsp3) is 0.500. The van der Waals surface area contributed by atoms with Gasteiger partial charge in [0.25, 0.3) is 0 Å². The minimum absolute atomic E-state index is 0.574. The molecule has 90 valence electrons. The topological polar surface area (TPSA) is 37.3 Å². The summed E-state index contributed by atoms with van der Waals surface area (Å²) in [5.74, 6) is 0.489. The van der Waals surface area contributed by atoms with Crippen LogP contribution >= 0.6 is 11.8 Å². The molecule has 0 aromatic heterocycles. The van der Waals surface area contributed by atoms with E-state index in [1.807, 2.05) is 23.9 Å². The van der Waals surface area contributed by atoms with Gasteiger partial charge in [0.05, 0.1) is 5.41 Å². The number of carboxylic acid groups (broad SMARTS) is 1. The summed E-state index contributed by atoms with van der Waals surface area (Å²) in [6.45, 7) is 0. The smallest absolute Gasteiger partial charge is 0.314 e. The fourth-order valence-electron chi connectivity index (χ4n) is 2.89. The molecule has 1 aromatic rings. The zero-order chi connectivity index (χ0) is 11.9. The molecule has 2 nitrogen and oxygen atoms in total. The Bertz CT molecular complexity index is 463. The van der Waals surface area contributed by atoms with Gasteiger partial charge in [-0.1, -0.05) is 24.6 Å². The summed E-state index contributed by atoms with van der Waals surface area (Å²) in [7, 11) is 0. The maximum atomic E-state index is 11.6. The lowest BCUT2D eigenvalue weighted by molar-refractivity contribution is -0.147. The van der Waals surface area contributed by atoms with Crippen LogP contribution < -0.4 is 0 Å². The maximum Gasteiger partial charge on any atom is 0.314 e. The second-order valence-electron chi connectivity index (χ2n) is 4.99. The molecule has 1 aromatic carbocycles. The lowest BCUT2D eigenvalue weighted by atomic mass is 9.64. The Labute approximate surface area is 105 Å². The molecule has 1 N–H and O–H groups in total. The van der Waals surface area contributed by atoms with Gasteiger partial charge in [0.15, 0.2) is 0 Å². The van der Waals surface area contributed by atoms with Gasteiger partial charge in [0.1, 0.15) is 0 Å². The van der Waals surface area contributed by atoms with Crippen molar-refractivity contribution >= 4 is 17.7 Å². The fourth-order valence-corrected chi connectivity index (χ4v) is 4.16. The summed E-state index contributed by atoms with van der Waals surface area (Å²) in [4.78, 5) is 12.8. The molecule has 0 saturated heterocycles. The van der Waals surface area contributed by atoms with Crippen LogP contribution in [0.1, 0.15) is 36.8 Å². The zero-order valence-corrected chi connectivity index (χ0v) is 10.6. The lowest BCUT2D eigenvalue weighted by Crippen LogP contribution is -2.43. The number of thioether (sulfide) groups is 1. The highest BCUT2D eigenvalue weighted by molar-refractivity contribution is 7.99. The van der Waals surface area contributed by atoms with Gasteiger partial charge in [-0.25, -0.2) is 0 Å². The van der Waals surface area contributed by atoms with E-state index in [2.05, 4.69) is 6.07 Å². The summed E-state index contributed by atoms with van der Waals surface area (Å²) in [6.07, 6.45) is 4.96. The van der Waals surface area contributed by atoms with Crippen molar-refractivity contribution in [1.29, 1.82) is 0 Å². The predicted octanol–water partition coefficient (Wildman–Crippen LogP) is 3.23. The molecular weight excluding hydrogens is 232 g/mol. The minimum Gasteiger partial charge on any atom is -0.481 e. The van der Waals surface area contributed by atoms with E-state index in [1.165, 1.54) is 16.9 Å². The molecule has 0 atom stereocenters. The summed E-state index contributed by atoms with van der Waals surface area (Å²) in [5, 5.41) is 9.53. The average Bonchev–Trinajstić information content (AvgIpc) is 2.27. The van der Waals surface area contributed by atoms with Crippen molar-refractivity contribution in [1.82, 2.24) is 0 Å². The molecule has 1 saturated carbocycles. The summed E-state index contributed by atoms with van der Waals surface area (Å²) < 4.78 is 0. The molecule has 0 bridgehead atoms. The third-order valence-electron chi connectivity index (χ3n) is 4.07. The highest BCUT2D eigenvalue weighted by atomic mass is 32.2. The third-order valence-corrected chi connectivity index (χ3v) is 5.33. The summed E-state index contributed by atoms with van der Waals surface area (Å²) >= 11 is 1.85. The predicted molar refractivity (Wildman–Crippen MR) is 68.7 cm³/mol. The van der Waals surface area contributed by atoms with E-state index in [0.717, 1.165) is 37.0 Å². The van der Waals surface area contributed by atoms with Crippen LogP contribution in [0.25, 0.3) is 0 Å². The van der Waals surface area contributed by atoms with Crippen molar-refractivity contribution in [2.45, 2.75) is 42.4 Å². The molecule has 0 amide bonds. The minimum atomic E-state index is -0.636. The summed E-state index contributed by atoms with van der Waals surface area (Å²) in [6, 6.07) is 6.21. The van der Waals surface area contributed by atoms with Crippen LogP contribution in [0.3, 0.4) is 0 Å². The van der Waals surface area contributed by atoms with Crippen molar-refractivity contribution < 1.29 is 9.90 Å². The van der Waals surface area contributed by atoms with Gasteiger partial charge in [-0.15, -0.1) is 11.8 Å². The molecule has 1 heterocycles. The monoisotopic (exact) mass is 248 g/mol. The Morgan fingerprint density at radius 2 is 2.12 bits per heavy atom.